The third-order valence-corrected chi connectivity index (χ3v) is 4.01. The molecule has 0 saturated heterocycles. The van der Waals surface area contributed by atoms with Crippen LogP contribution in [0.3, 0.4) is 0 Å². The Bertz CT molecular complexity index is 707. The lowest BCUT2D eigenvalue weighted by molar-refractivity contribution is 0.840. The van der Waals surface area contributed by atoms with Crippen LogP contribution >= 0.6 is 11.8 Å². The van der Waals surface area contributed by atoms with E-state index < -0.39 is 0 Å². The summed E-state index contributed by atoms with van der Waals surface area (Å²) in [5.41, 5.74) is 2.23. The zero-order chi connectivity index (χ0) is 15.4. The highest BCUT2D eigenvalue weighted by Crippen LogP contribution is 2.20. The molecule has 1 atom stereocenters. The Morgan fingerprint density at radius 2 is 1.91 bits per heavy atom. The van der Waals surface area contributed by atoms with Crippen LogP contribution in [0, 0.1) is 0 Å². The van der Waals surface area contributed by atoms with Gasteiger partial charge in [0, 0.05) is 12.4 Å². The van der Waals surface area contributed by atoms with E-state index in [-0.39, 0.29) is 6.04 Å². The highest BCUT2D eigenvalue weighted by molar-refractivity contribution is 7.98. The van der Waals surface area contributed by atoms with Gasteiger partial charge in [-0.3, -0.25) is 0 Å². The van der Waals surface area contributed by atoms with E-state index in [4.69, 9.17) is 0 Å². The van der Waals surface area contributed by atoms with Gasteiger partial charge in [-0.1, -0.05) is 12.1 Å². The molecule has 0 aliphatic heterocycles. The van der Waals surface area contributed by atoms with E-state index in [9.17, 15) is 0 Å². The molecule has 22 heavy (non-hydrogen) atoms. The Balaban J connectivity index is 1.70. The van der Waals surface area contributed by atoms with Crippen LogP contribution in [0.4, 0.5) is 5.82 Å². The topological polar surface area (TPSA) is 55.6 Å². The molecule has 3 aromatic rings. The summed E-state index contributed by atoms with van der Waals surface area (Å²) in [7, 11) is 0. The fourth-order valence-electron chi connectivity index (χ4n) is 2.15. The highest BCUT2D eigenvalue weighted by atomic mass is 32.2. The van der Waals surface area contributed by atoms with Crippen LogP contribution in [0.25, 0.3) is 5.69 Å². The number of rotatable bonds is 5. The van der Waals surface area contributed by atoms with Crippen LogP contribution < -0.4 is 5.32 Å². The molecule has 2 aromatic heterocycles. The molecule has 0 bridgehead atoms. The molecular formula is C16H17N5S. The number of benzene rings is 1. The maximum absolute atomic E-state index is 4.23. The van der Waals surface area contributed by atoms with Gasteiger partial charge >= 0.3 is 0 Å². The van der Waals surface area contributed by atoms with E-state index in [1.54, 1.807) is 18.0 Å². The van der Waals surface area contributed by atoms with Crippen molar-refractivity contribution in [3.63, 3.8) is 0 Å². The second kappa shape index (κ2) is 6.62. The van der Waals surface area contributed by atoms with Crippen LogP contribution in [0.5, 0.6) is 0 Å². The summed E-state index contributed by atoms with van der Waals surface area (Å²) in [5, 5.41) is 16.8. The number of thioether (sulfide) groups is 1. The Hall–Kier alpha value is -2.34. The molecule has 112 valence electrons. The van der Waals surface area contributed by atoms with Gasteiger partial charge in [-0.05, 0) is 49.1 Å². The van der Waals surface area contributed by atoms with Crippen molar-refractivity contribution in [3.8, 4) is 5.69 Å². The molecule has 0 aliphatic rings. The predicted octanol–water partition coefficient (Wildman–Crippen LogP) is 3.56. The molecular weight excluding hydrogens is 294 g/mol. The van der Waals surface area contributed by atoms with Gasteiger partial charge in [0.25, 0.3) is 0 Å². The number of hydrogen-bond donors (Lipinski definition) is 1. The maximum atomic E-state index is 4.23. The van der Waals surface area contributed by atoms with Gasteiger partial charge in [-0.25, -0.2) is 4.68 Å². The molecule has 2 heterocycles. The average Bonchev–Trinajstić information content (AvgIpc) is 3.10. The third-order valence-electron chi connectivity index (χ3n) is 3.38. The van der Waals surface area contributed by atoms with Crippen LogP contribution in [-0.2, 0) is 0 Å². The summed E-state index contributed by atoms with van der Waals surface area (Å²) in [6, 6.07) is 14.3. The van der Waals surface area contributed by atoms with Gasteiger partial charge in [0.2, 0.25) is 0 Å². The standard InChI is InChI=1S/C16H17N5S/c1-12(18-15-8-9-16(22-2)20-19-15)13-4-6-14(7-5-13)21-11-3-10-17-21/h3-12H,1-2H3,(H,18,19). The van der Waals surface area contributed by atoms with Crippen molar-refractivity contribution in [2.24, 2.45) is 0 Å². The lowest BCUT2D eigenvalue weighted by Gasteiger charge is -2.15. The quantitative estimate of drug-likeness (QED) is 0.730. The molecule has 5 nitrogen and oxygen atoms in total. The van der Waals surface area contributed by atoms with Gasteiger partial charge < -0.3 is 5.32 Å². The molecule has 1 N–H and O–H groups in total. The molecule has 0 aliphatic carbocycles. The lowest BCUT2D eigenvalue weighted by Crippen LogP contribution is -2.08. The largest absolute Gasteiger partial charge is 0.362 e. The first kappa shape index (κ1) is 14.6. The lowest BCUT2D eigenvalue weighted by atomic mass is 10.1. The number of hydrogen-bond acceptors (Lipinski definition) is 5. The molecule has 1 unspecified atom stereocenters. The second-order valence-corrected chi connectivity index (χ2v) is 5.70. The SMILES string of the molecule is CSc1ccc(NC(C)c2ccc(-n3cccn3)cc2)nn1. The minimum Gasteiger partial charge on any atom is -0.362 e. The van der Waals surface area contributed by atoms with Crippen molar-refractivity contribution in [1.29, 1.82) is 0 Å². The first-order valence-corrected chi connectivity index (χ1v) is 8.23. The Kier molecular flexibility index (Phi) is 4.39. The maximum Gasteiger partial charge on any atom is 0.149 e. The zero-order valence-corrected chi connectivity index (χ0v) is 13.3. The highest BCUT2D eigenvalue weighted by Gasteiger charge is 2.07. The van der Waals surface area contributed by atoms with E-state index in [0.29, 0.717) is 0 Å². The summed E-state index contributed by atoms with van der Waals surface area (Å²) in [6.45, 7) is 2.10. The molecule has 3 rings (SSSR count). The van der Waals surface area contributed by atoms with Gasteiger partial charge in [0.1, 0.15) is 10.8 Å². The van der Waals surface area contributed by atoms with Gasteiger partial charge in [0.05, 0.1) is 11.7 Å². The number of anilines is 1. The monoisotopic (exact) mass is 311 g/mol. The van der Waals surface area contributed by atoms with E-state index in [1.165, 1.54) is 5.56 Å². The zero-order valence-electron chi connectivity index (χ0n) is 12.5. The summed E-state index contributed by atoms with van der Waals surface area (Å²) in [6.07, 6.45) is 5.69. The van der Waals surface area contributed by atoms with Crippen molar-refractivity contribution in [3.05, 3.63) is 60.4 Å². The average molecular weight is 311 g/mol. The van der Waals surface area contributed by atoms with E-state index in [0.717, 1.165) is 16.5 Å². The normalized spacial score (nSPS) is 12.1. The third kappa shape index (κ3) is 3.28. The minimum atomic E-state index is 0.154. The first-order valence-electron chi connectivity index (χ1n) is 7.00. The summed E-state index contributed by atoms with van der Waals surface area (Å²) >= 11 is 1.58. The van der Waals surface area contributed by atoms with E-state index in [1.807, 2.05) is 35.3 Å². The first-order chi connectivity index (χ1) is 10.8. The molecule has 1 aromatic carbocycles. The smallest absolute Gasteiger partial charge is 0.149 e. The fourth-order valence-corrected chi connectivity index (χ4v) is 2.47. The molecule has 6 heteroatoms. The van der Waals surface area contributed by atoms with Crippen molar-refractivity contribution in [1.82, 2.24) is 20.0 Å². The Morgan fingerprint density at radius 1 is 1.09 bits per heavy atom. The Labute approximate surface area is 133 Å². The van der Waals surface area contributed by atoms with Crippen molar-refractivity contribution in [2.45, 2.75) is 18.0 Å². The van der Waals surface area contributed by atoms with E-state index in [2.05, 4.69) is 51.8 Å². The molecule has 0 saturated carbocycles. The molecule has 0 amide bonds. The fraction of sp³-hybridized carbons (Fsp3) is 0.188. The number of nitrogens with zero attached hydrogens (tertiary/aromatic N) is 4. The van der Waals surface area contributed by atoms with E-state index >= 15 is 0 Å². The minimum absolute atomic E-state index is 0.154. The van der Waals surface area contributed by atoms with Crippen molar-refractivity contribution >= 4 is 17.6 Å². The molecule has 0 radical (unpaired) electrons. The number of aromatic nitrogens is 4. The van der Waals surface area contributed by atoms with Crippen molar-refractivity contribution in [2.75, 3.05) is 11.6 Å². The van der Waals surface area contributed by atoms with Crippen molar-refractivity contribution < 1.29 is 0 Å². The molecule has 0 spiro atoms. The number of nitrogens with one attached hydrogen (secondary N) is 1. The Morgan fingerprint density at radius 3 is 2.50 bits per heavy atom. The summed E-state index contributed by atoms with van der Waals surface area (Å²) in [5.74, 6) is 0.779. The van der Waals surface area contributed by atoms with Crippen LogP contribution in [0.1, 0.15) is 18.5 Å². The van der Waals surface area contributed by atoms with Crippen LogP contribution in [0.15, 0.2) is 59.9 Å². The predicted molar refractivity (Wildman–Crippen MR) is 89.4 cm³/mol. The van der Waals surface area contributed by atoms with Crippen LogP contribution in [-0.4, -0.2) is 26.2 Å². The summed E-state index contributed by atoms with van der Waals surface area (Å²) < 4.78 is 1.84. The van der Waals surface area contributed by atoms with Crippen LogP contribution in [0.2, 0.25) is 0 Å². The van der Waals surface area contributed by atoms with Gasteiger partial charge in [0.15, 0.2) is 0 Å². The summed E-state index contributed by atoms with van der Waals surface area (Å²) in [4.78, 5) is 0. The van der Waals surface area contributed by atoms with Gasteiger partial charge in [-0.15, -0.1) is 22.0 Å². The second-order valence-electron chi connectivity index (χ2n) is 4.87. The molecule has 0 fully saturated rings. The van der Waals surface area contributed by atoms with Gasteiger partial charge in [-0.2, -0.15) is 5.10 Å².